The summed E-state index contributed by atoms with van der Waals surface area (Å²) < 4.78 is 33.3. The lowest BCUT2D eigenvalue weighted by Gasteiger charge is -2.11. The van der Waals surface area contributed by atoms with Crippen LogP contribution >= 0.6 is 15.9 Å². The van der Waals surface area contributed by atoms with E-state index in [1.165, 1.54) is 0 Å². The summed E-state index contributed by atoms with van der Waals surface area (Å²) in [6, 6.07) is 5.57. The molecular weight excluding hydrogens is 320 g/mol. The molecule has 0 N–H and O–H groups in total. The summed E-state index contributed by atoms with van der Waals surface area (Å²) in [7, 11) is -1.45. The lowest BCUT2D eigenvalue weighted by molar-refractivity contribution is 0.311. The van der Waals surface area contributed by atoms with Crippen LogP contribution in [0.3, 0.4) is 0 Å². The SMILES string of the molecule is CCS(=O)(=O)CCOc1cc(CBr)ccc1OC. The Kier molecular flexibility index (Phi) is 5.95. The van der Waals surface area contributed by atoms with E-state index < -0.39 is 9.84 Å². The van der Waals surface area contributed by atoms with E-state index in [1.807, 2.05) is 12.1 Å². The van der Waals surface area contributed by atoms with E-state index in [4.69, 9.17) is 9.47 Å². The monoisotopic (exact) mass is 336 g/mol. The molecule has 0 radical (unpaired) electrons. The Labute approximate surface area is 116 Å². The first-order valence-corrected chi connectivity index (χ1v) is 8.52. The third-order valence-corrected chi connectivity index (χ3v) is 4.79. The number of rotatable bonds is 7. The molecule has 1 aromatic rings. The third-order valence-electron chi connectivity index (χ3n) is 2.47. The van der Waals surface area contributed by atoms with E-state index in [2.05, 4.69) is 15.9 Å². The van der Waals surface area contributed by atoms with Crippen LogP contribution in [0.1, 0.15) is 12.5 Å². The summed E-state index contributed by atoms with van der Waals surface area (Å²) in [5.74, 6) is 1.33. The molecule has 0 fully saturated rings. The van der Waals surface area contributed by atoms with Crippen molar-refractivity contribution < 1.29 is 17.9 Å². The van der Waals surface area contributed by atoms with Crippen LogP contribution in [0.2, 0.25) is 0 Å². The van der Waals surface area contributed by atoms with Crippen LogP contribution < -0.4 is 9.47 Å². The fraction of sp³-hybridized carbons (Fsp3) is 0.500. The maximum Gasteiger partial charge on any atom is 0.161 e. The molecule has 0 bridgehead atoms. The highest BCUT2D eigenvalue weighted by molar-refractivity contribution is 9.08. The Hall–Kier alpha value is -0.750. The van der Waals surface area contributed by atoms with E-state index in [1.54, 1.807) is 20.1 Å². The van der Waals surface area contributed by atoms with Crippen molar-refractivity contribution in [2.45, 2.75) is 12.3 Å². The van der Waals surface area contributed by atoms with Gasteiger partial charge in [-0.3, -0.25) is 0 Å². The molecule has 1 rings (SSSR count). The van der Waals surface area contributed by atoms with Gasteiger partial charge in [0, 0.05) is 11.1 Å². The van der Waals surface area contributed by atoms with Crippen LogP contribution in [0.4, 0.5) is 0 Å². The minimum Gasteiger partial charge on any atom is -0.493 e. The van der Waals surface area contributed by atoms with E-state index in [9.17, 15) is 8.42 Å². The number of sulfone groups is 1. The first-order valence-electron chi connectivity index (χ1n) is 5.58. The van der Waals surface area contributed by atoms with E-state index in [-0.39, 0.29) is 18.1 Å². The quantitative estimate of drug-likeness (QED) is 0.717. The van der Waals surface area contributed by atoms with Crippen molar-refractivity contribution in [1.29, 1.82) is 0 Å². The number of benzene rings is 1. The normalized spacial score (nSPS) is 11.3. The number of alkyl halides is 1. The Morgan fingerprint density at radius 2 is 2.00 bits per heavy atom. The van der Waals surface area contributed by atoms with Crippen molar-refractivity contribution in [3.63, 3.8) is 0 Å². The summed E-state index contributed by atoms with van der Waals surface area (Å²) in [5, 5.41) is 0.709. The number of halogens is 1. The maximum absolute atomic E-state index is 11.3. The zero-order valence-electron chi connectivity index (χ0n) is 10.5. The van der Waals surface area contributed by atoms with Gasteiger partial charge in [0.05, 0.1) is 12.9 Å². The fourth-order valence-electron chi connectivity index (χ4n) is 1.34. The number of methoxy groups -OCH3 is 1. The molecule has 0 aliphatic carbocycles. The first kappa shape index (κ1) is 15.3. The average molecular weight is 337 g/mol. The zero-order chi connectivity index (χ0) is 13.6. The molecule has 102 valence electrons. The second-order valence-electron chi connectivity index (χ2n) is 3.70. The zero-order valence-corrected chi connectivity index (χ0v) is 12.9. The second-order valence-corrected chi connectivity index (χ2v) is 6.74. The van der Waals surface area contributed by atoms with Gasteiger partial charge in [0.25, 0.3) is 0 Å². The second kappa shape index (κ2) is 6.99. The molecule has 18 heavy (non-hydrogen) atoms. The summed E-state index contributed by atoms with van der Waals surface area (Å²) in [6.45, 7) is 1.76. The molecule has 0 spiro atoms. The highest BCUT2D eigenvalue weighted by atomic mass is 79.9. The van der Waals surface area contributed by atoms with Crippen LogP contribution in [0.5, 0.6) is 11.5 Å². The van der Waals surface area contributed by atoms with Gasteiger partial charge in [-0.25, -0.2) is 8.42 Å². The minimum atomic E-state index is -3.00. The van der Waals surface area contributed by atoms with Crippen molar-refractivity contribution in [2.24, 2.45) is 0 Å². The predicted molar refractivity (Wildman–Crippen MR) is 75.4 cm³/mol. The molecule has 0 unspecified atom stereocenters. The highest BCUT2D eigenvalue weighted by Gasteiger charge is 2.10. The molecule has 0 aliphatic rings. The van der Waals surface area contributed by atoms with Crippen molar-refractivity contribution in [1.82, 2.24) is 0 Å². The van der Waals surface area contributed by atoms with Gasteiger partial charge in [0.1, 0.15) is 6.61 Å². The van der Waals surface area contributed by atoms with Gasteiger partial charge in [-0.05, 0) is 17.7 Å². The van der Waals surface area contributed by atoms with Crippen LogP contribution in [-0.4, -0.2) is 33.6 Å². The third kappa shape index (κ3) is 4.49. The van der Waals surface area contributed by atoms with Crippen LogP contribution in [0, 0.1) is 0 Å². The molecular formula is C12H17BrO4S. The fourth-order valence-corrected chi connectivity index (χ4v) is 2.31. The van der Waals surface area contributed by atoms with E-state index in [0.29, 0.717) is 16.8 Å². The number of hydrogen-bond acceptors (Lipinski definition) is 4. The molecule has 4 nitrogen and oxygen atoms in total. The van der Waals surface area contributed by atoms with Gasteiger partial charge in [-0.15, -0.1) is 0 Å². The molecule has 0 aliphatic heterocycles. The van der Waals surface area contributed by atoms with Crippen molar-refractivity contribution >= 4 is 25.8 Å². The van der Waals surface area contributed by atoms with Gasteiger partial charge in [0.15, 0.2) is 21.3 Å². The Morgan fingerprint density at radius 1 is 1.28 bits per heavy atom. The summed E-state index contributed by atoms with van der Waals surface area (Å²) in [5.41, 5.74) is 1.05. The topological polar surface area (TPSA) is 52.6 Å². The molecule has 0 amide bonds. The van der Waals surface area contributed by atoms with Crippen molar-refractivity contribution in [3.8, 4) is 11.5 Å². The van der Waals surface area contributed by atoms with E-state index in [0.717, 1.165) is 5.56 Å². The Balaban J connectivity index is 2.71. The van der Waals surface area contributed by atoms with Crippen molar-refractivity contribution in [2.75, 3.05) is 25.2 Å². The van der Waals surface area contributed by atoms with Crippen molar-refractivity contribution in [3.05, 3.63) is 23.8 Å². The molecule has 1 aromatic carbocycles. The molecule has 0 saturated heterocycles. The number of hydrogen-bond donors (Lipinski definition) is 0. The van der Waals surface area contributed by atoms with E-state index >= 15 is 0 Å². The molecule has 0 atom stereocenters. The largest absolute Gasteiger partial charge is 0.493 e. The first-order chi connectivity index (χ1) is 8.52. The van der Waals surface area contributed by atoms with Gasteiger partial charge >= 0.3 is 0 Å². The highest BCUT2D eigenvalue weighted by Crippen LogP contribution is 2.28. The Bertz CT molecular complexity index is 485. The smallest absolute Gasteiger partial charge is 0.161 e. The molecule has 0 heterocycles. The van der Waals surface area contributed by atoms with Crippen LogP contribution in [0.25, 0.3) is 0 Å². The van der Waals surface area contributed by atoms with Crippen LogP contribution in [-0.2, 0) is 15.2 Å². The molecule has 6 heteroatoms. The predicted octanol–water partition coefficient (Wildman–Crippen LogP) is 2.40. The van der Waals surface area contributed by atoms with Gasteiger partial charge < -0.3 is 9.47 Å². The van der Waals surface area contributed by atoms with Gasteiger partial charge in [-0.1, -0.05) is 28.9 Å². The van der Waals surface area contributed by atoms with Gasteiger partial charge in [0.2, 0.25) is 0 Å². The maximum atomic E-state index is 11.3. The summed E-state index contributed by atoms with van der Waals surface area (Å²) in [6.07, 6.45) is 0. The van der Waals surface area contributed by atoms with Crippen LogP contribution in [0.15, 0.2) is 18.2 Å². The standard InChI is InChI=1S/C12H17BrO4S/c1-3-18(14,15)7-6-17-12-8-10(9-13)4-5-11(12)16-2/h4-5,8H,3,6-7,9H2,1-2H3. The lowest BCUT2D eigenvalue weighted by Crippen LogP contribution is -2.15. The Morgan fingerprint density at radius 3 is 2.56 bits per heavy atom. The molecule has 0 aromatic heterocycles. The average Bonchev–Trinajstić information content (AvgIpc) is 2.38. The lowest BCUT2D eigenvalue weighted by atomic mass is 10.2. The number of ether oxygens (including phenoxy) is 2. The minimum absolute atomic E-state index is 0.0190. The van der Waals surface area contributed by atoms with Gasteiger partial charge in [-0.2, -0.15) is 0 Å². The summed E-state index contributed by atoms with van der Waals surface area (Å²) >= 11 is 3.36. The summed E-state index contributed by atoms with van der Waals surface area (Å²) in [4.78, 5) is 0. The molecule has 0 saturated carbocycles.